The summed E-state index contributed by atoms with van der Waals surface area (Å²) in [7, 11) is -1.59. The fourth-order valence-electron chi connectivity index (χ4n) is 1.81. The lowest BCUT2D eigenvalue weighted by Crippen LogP contribution is -2.43. The first-order chi connectivity index (χ1) is 8.32. The lowest BCUT2D eigenvalue weighted by molar-refractivity contribution is 0.0957. The smallest absolute Gasteiger partial charge is 0.252 e. The van der Waals surface area contributed by atoms with Crippen LogP contribution in [0, 0.1) is 0 Å². The van der Waals surface area contributed by atoms with Gasteiger partial charge in [-0.15, -0.1) is 11.8 Å². The highest BCUT2D eigenvalue weighted by Crippen LogP contribution is 2.28. The lowest BCUT2D eigenvalue weighted by Gasteiger charge is -2.22. The van der Waals surface area contributed by atoms with Gasteiger partial charge in [0.2, 0.25) is 0 Å². The van der Waals surface area contributed by atoms with Crippen molar-refractivity contribution in [3.8, 4) is 0 Å². The van der Waals surface area contributed by atoms with E-state index in [1.54, 1.807) is 11.8 Å². The number of nitrogens with one attached hydrogen (secondary N) is 1. The maximum absolute atomic E-state index is 12.2. The van der Waals surface area contributed by atoms with E-state index in [0.717, 1.165) is 10.1 Å². The predicted octanol–water partition coefficient (Wildman–Crippen LogP) is 3.36. The summed E-state index contributed by atoms with van der Waals surface area (Å²) >= 11 is 7.96. The van der Waals surface area contributed by atoms with Crippen molar-refractivity contribution in [1.82, 2.24) is 5.32 Å². The van der Waals surface area contributed by atoms with Crippen LogP contribution >= 0.6 is 23.4 Å². The minimum absolute atomic E-state index is 0.0594. The topological polar surface area (TPSA) is 29.1 Å². The SMILES string of the molecule is CCNC(=O)c1c([Si](C)(C)C)ccc(SC)c1Cl. The quantitative estimate of drug-likeness (QED) is 0.682. The van der Waals surface area contributed by atoms with Crippen molar-refractivity contribution < 1.29 is 4.79 Å². The van der Waals surface area contributed by atoms with Gasteiger partial charge >= 0.3 is 0 Å². The van der Waals surface area contributed by atoms with Crippen molar-refractivity contribution in [3.63, 3.8) is 0 Å². The monoisotopic (exact) mass is 301 g/mol. The number of halogens is 1. The minimum atomic E-state index is -1.59. The van der Waals surface area contributed by atoms with Gasteiger partial charge in [-0.3, -0.25) is 4.79 Å². The van der Waals surface area contributed by atoms with Crippen molar-refractivity contribution in [1.29, 1.82) is 0 Å². The van der Waals surface area contributed by atoms with Gasteiger partial charge in [-0.1, -0.05) is 37.3 Å². The van der Waals surface area contributed by atoms with Crippen LogP contribution in [0.4, 0.5) is 0 Å². The number of benzene rings is 1. The zero-order chi connectivity index (χ0) is 13.9. The molecule has 0 radical (unpaired) electrons. The number of thioether (sulfide) groups is 1. The average molecular weight is 302 g/mol. The second-order valence-corrected chi connectivity index (χ2v) is 11.4. The lowest BCUT2D eigenvalue weighted by atomic mass is 10.2. The zero-order valence-electron chi connectivity index (χ0n) is 11.6. The number of rotatable bonds is 4. The van der Waals surface area contributed by atoms with Crippen LogP contribution in [0.25, 0.3) is 0 Å². The van der Waals surface area contributed by atoms with E-state index >= 15 is 0 Å². The largest absolute Gasteiger partial charge is 0.352 e. The molecular weight excluding hydrogens is 282 g/mol. The molecule has 0 saturated heterocycles. The molecule has 0 aliphatic rings. The van der Waals surface area contributed by atoms with Crippen LogP contribution < -0.4 is 10.5 Å². The van der Waals surface area contributed by atoms with E-state index in [0.29, 0.717) is 17.1 Å². The summed E-state index contributed by atoms with van der Waals surface area (Å²) in [5.74, 6) is -0.0594. The van der Waals surface area contributed by atoms with Gasteiger partial charge in [0.25, 0.3) is 5.91 Å². The van der Waals surface area contributed by atoms with Crippen LogP contribution in [0.5, 0.6) is 0 Å². The molecule has 0 spiro atoms. The number of carbonyl (C=O) groups excluding carboxylic acids is 1. The summed E-state index contributed by atoms with van der Waals surface area (Å²) < 4.78 is 0. The molecule has 0 bridgehead atoms. The van der Waals surface area contributed by atoms with Crippen LogP contribution in [0.3, 0.4) is 0 Å². The molecule has 1 aromatic carbocycles. The first-order valence-electron chi connectivity index (χ1n) is 5.98. The Kier molecular flexibility index (Phi) is 5.31. The Morgan fingerprint density at radius 3 is 2.44 bits per heavy atom. The molecule has 0 unspecified atom stereocenters. The Labute approximate surface area is 120 Å². The van der Waals surface area contributed by atoms with Gasteiger partial charge in [-0.05, 0) is 24.4 Å². The van der Waals surface area contributed by atoms with Gasteiger partial charge in [0, 0.05) is 11.4 Å². The third-order valence-corrected chi connectivity index (χ3v) is 6.02. The van der Waals surface area contributed by atoms with E-state index in [2.05, 4.69) is 31.0 Å². The Morgan fingerprint density at radius 2 is 2.00 bits per heavy atom. The normalized spacial score (nSPS) is 11.4. The first-order valence-corrected chi connectivity index (χ1v) is 11.1. The molecule has 0 aliphatic carbocycles. The Hall–Kier alpha value is -0.453. The standard InChI is InChI=1S/C13H20ClNOSSi/c1-6-15-13(16)11-10(18(3,4)5)8-7-9(17-2)12(11)14/h7-8H,6H2,1-5H3,(H,15,16). The Morgan fingerprint density at radius 1 is 1.39 bits per heavy atom. The Bertz CT molecular complexity index is 457. The third kappa shape index (κ3) is 3.31. The summed E-state index contributed by atoms with van der Waals surface area (Å²) in [5, 5.41) is 4.57. The molecule has 1 amide bonds. The molecule has 2 nitrogen and oxygen atoms in total. The second kappa shape index (κ2) is 6.13. The second-order valence-electron chi connectivity index (χ2n) is 5.11. The van der Waals surface area contributed by atoms with Crippen LogP contribution in [0.2, 0.25) is 24.7 Å². The molecule has 0 heterocycles. The highest BCUT2D eigenvalue weighted by atomic mass is 35.5. The van der Waals surface area contributed by atoms with Gasteiger partial charge in [0.1, 0.15) is 0 Å². The van der Waals surface area contributed by atoms with Gasteiger partial charge in [-0.2, -0.15) is 0 Å². The van der Waals surface area contributed by atoms with Crippen molar-refractivity contribution in [2.45, 2.75) is 31.5 Å². The fraction of sp³-hybridized carbons (Fsp3) is 0.462. The average Bonchev–Trinajstić information content (AvgIpc) is 2.27. The molecule has 100 valence electrons. The van der Waals surface area contributed by atoms with Gasteiger partial charge in [-0.25, -0.2) is 0 Å². The van der Waals surface area contributed by atoms with Gasteiger partial charge in [0.05, 0.1) is 18.7 Å². The molecule has 1 rings (SSSR count). The van der Waals surface area contributed by atoms with Gasteiger partial charge in [0.15, 0.2) is 0 Å². The number of hydrogen-bond donors (Lipinski definition) is 1. The van der Waals surface area contributed by atoms with Crippen molar-refractivity contribution in [3.05, 3.63) is 22.7 Å². The van der Waals surface area contributed by atoms with E-state index < -0.39 is 8.07 Å². The molecule has 18 heavy (non-hydrogen) atoms. The molecule has 0 atom stereocenters. The predicted molar refractivity (Wildman–Crippen MR) is 84.2 cm³/mol. The summed E-state index contributed by atoms with van der Waals surface area (Å²) in [5.41, 5.74) is 0.671. The maximum Gasteiger partial charge on any atom is 0.252 e. The first kappa shape index (κ1) is 15.6. The summed E-state index contributed by atoms with van der Waals surface area (Å²) in [4.78, 5) is 13.2. The summed E-state index contributed by atoms with van der Waals surface area (Å²) in [6.45, 7) is 9.20. The zero-order valence-corrected chi connectivity index (χ0v) is 14.1. The van der Waals surface area contributed by atoms with E-state index in [1.807, 2.05) is 19.2 Å². The number of amides is 1. The van der Waals surface area contributed by atoms with E-state index in [1.165, 1.54) is 0 Å². The number of carbonyl (C=O) groups is 1. The minimum Gasteiger partial charge on any atom is -0.352 e. The molecule has 0 aromatic heterocycles. The van der Waals surface area contributed by atoms with Crippen molar-refractivity contribution in [2.75, 3.05) is 12.8 Å². The van der Waals surface area contributed by atoms with Gasteiger partial charge < -0.3 is 5.32 Å². The third-order valence-electron chi connectivity index (χ3n) is 2.70. The van der Waals surface area contributed by atoms with Crippen LogP contribution in [0.1, 0.15) is 17.3 Å². The highest BCUT2D eigenvalue weighted by Gasteiger charge is 2.26. The maximum atomic E-state index is 12.2. The van der Waals surface area contributed by atoms with E-state index in [-0.39, 0.29) is 5.91 Å². The van der Waals surface area contributed by atoms with Crippen molar-refractivity contribution >= 4 is 42.5 Å². The Balaban J connectivity index is 3.45. The molecule has 1 N–H and O–H groups in total. The molecular formula is C13H20ClNOSSi. The molecule has 0 aliphatic heterocycles. The van der Waals surface area contributed by atoms with E-state index in [4.69, 9.17) is 11.6 Å². The number of hydrogen-bond acceptors (Lipinski definition) is 2. The molecule has 1 aromatic rings. The molecule has 5 heteroatoms. The summed E-state index contributed by atoms with van der Waals surface area (Å²) in [6.07, 6.45) is 1.97. The van der Waals surface area contributed by atoms with Crippen LogP contribution in [0.15, 0.2) is 17.0 Å². The van der Waals surface area contributed by atoms with Crippen molar-refractivity contribution in [2.24, 2.45) is 0 Å². The molecule has 0 fully saturated rings. The van der Waals surface area contributed by atoms with E-state index in [9.17, 15) is 4.79 Å². The fourth-order valence-corrected chi connectivity index (χ4v) is 4.43. The van der Waals surface area contributed by atoms with Crippen LogP contribution in [-0.4, -0.2) is 26.8 Å². The molecule has 0 saturated carbocycles. The summed E-state index contributed by atoms with van der Waals surface area (Å²) in [6, 6.07) is 4.08. The van der Waals surface area contributed by atoms with Crippen LogP contribution in [-0.2, 0) is 0 Å². The highest BCUT2D eigenvalue weighted by molar-refractivity contribution is 7.98.